The van der Waals surface area contributed by atoms with Crippen molar-refractivity contribution < 1.29 is 4.79 Å². The second-order valence-corrected chi connectivity index (χ2v) is 5.93. The third-order valence-corrected chi connectivity index (χ3v) is 4.59. The average molecular weight is 272 g/mol. The number of benzene rings is 4. The van der Waals surface area contributed by atoms with Gasteiger partial charge in [-0.2, -0.15) is 0 Å². The molecule has 0 N–H and O–H groups in total. The van der Waals surface area contributed by atoms with Crippen molar-refractivity contribution in [2.24, 2.45) is 0 Å². The molecule has 0 aliphatic heterocycles. The standard InChI is InChI=1S/C20H16O/c1-11-4-5-14-6-7-16-12(2)10-18(13(3)21)17-9-8-15(11)19(14)20(16)17/h4-10H,1-3H3. The molecular formula is C20H16O. The third kappa shape index (κ3) is 1.55. The first-order valence-electron chi connectivity index (χ1n) is 7.26. The highest BCUT2D eigenvalue weighted by atomic mass is 16.1. The molecule has 21 heavy (non-hydrogen) atoms. The van der Waals surface area contributed by atoms with Crippen molar-refractivity contribution in [3.8, 4) is 0 Å². The second-order valence-electron chi connectivity index (χ2n) is 5.93. The summed E-state index contributed by atoms with van der Waals surface area (Å²) in [4.78, 5) is 12.0. The minimum atomic E-state index is 0.132. The van der Waals surface area contributed by atoms with Gasteiger partial charge in [0.15, 0.2) is 5.78 Å². The highest BCUT2D eigenvalue weighted by molar-refractivity contribution is 6.27. The third-order valence-electron chi connectivity index (χ3n) is 4.59. The van der Waals surface area contributed by atoms with E-state index < -0.39 is 0 Å². The van der Waals surface area contributed by atoms with Crippen molar-refractivity contribution in [1.82, 2.24) is 0 Å². The van der Waals surface area contributed by atoms with Crippen LogP contribution in [-0.2, 0) is 0 Å². The van der Waals surface area contributed by atoms with Crippen LogP contribution >= 0.6 is 0 Å². The Morgan fingerprint density at radius 1 is 0.762 bits per heavy atom. The molecule has 0 atom stereocenters. The number of carbonyl (C=O) groups is 1. The van der Waals surface area contributed by atoms with Gasteiger partial charge in [0.25, 0.3) is 0 Å². The maximum Gasteiger partial charge on any atom is 0.160 e. The minimum absolute atomic E-state index is 0.132. The largest absolute Gasteiger partial charge is 0.294 e. The van der Waals surface area contributed by atoms with Gasteiger partial charge in [-0.05, 0) is 70.3 Å². The minimum Gasteiger partial charge on any atom is -0.294 e. The Bertz CT molecular complexity index is 1020. The van der Waals surface area contributed by atoms with E-state index >= 15 is 0 Å². The Morgan fingerprint density at radius 3 is 2.14 bits per heavy atom. The molecule has 0 unspecified atom stereocenters. The van der Waals surface area contributed by atoms with Gasteiger partial charge in [-0.25, -0.2) is 0 Å². The summed E-state index contributed by atoms with van der Waals surface area (Å²) in [6, 6.07) is 15.0. The van der Waals surface area contributed by atoms with Gasteiger partial charge in [0.1, 0.15) is 0 Å². The van der Waals surface area contributed by atoms with Crippen LogP contribution in [0.25, 0.3) is 32.3 Å². The summed E-state index contributed by atoms with van der Waals surface area (Å²) in [6.07, 6.45) is 0. The molecule has 4 aromatic rings. The first-order valence-corrected chi connectivity index (χ1v) is 7.26. The maximum atomic E-state index is 12.0. The van der Waals surface area contributed by atoms with Crippen LogP contribution in [0, 0.1) is 13.8 Å². The lowest BCUT2D eigenvalue weighted by molar-refractivity contribution is 0.101. The number of hydrogen-bond donors (Lipinski definition) is 0. The van der Waals surface area contributed by atoms with Crippen molar-refractivity contribution in [3.63, 3.8) is 0 Å². The molecule has 102 valence electrons. The quantitative estimate of drug-likeness (QED) is 0.335. The van der Waals surface area contributed by atoms with E-state index in [1.165, 1.54) is 38.1 Å². The van der Waals surface area contributed by atoms with Gasteiger partial charge in [-0.1, -0.05) is 36.4 Å². The predicted molar refractivity (Wildman–Crippen MR) is 89.6 cm³/mol. The van der Waals surface area contributed by atoms with Crippen molar-refractivity contribution in [2.75, 3.05) is 0 Å². The van der Waals surface area contributed by atoms with E-state index in [1.807, 2.05) is 6.07 Å². The number of hydrogen-bond acceptors (Lipinski definition) is 1. The molecule has 0 saturated heterocycles. The molecule has 0 aliphatic carbocycles. The monoisotopic (exact) mass is 272 g/mol. The van der Waals surface area contributed by atoms with Crippen LogP contribution in [0.3, 0.4) is 0 Å². The van der Waals surface area contributed by atoms with E-state index in [0.717, 1.165) is 10.9 Å². The fourth-order valence-corrected chi connectivity index (χ4v) is 3.51. The van der Waals surface area contributed by atoms with Crippen LogP contribution in [0.4, 0.5) is 0 Å². The zero-order valence-electron chi connectivity index (χ0n) is 12.4. The lowest BCUT2D eigenvalue weighted by Crippen LogP contribution is -1.97. The molecule has 4 aromatic carbocycles. The van der Waals surface area contributed by atoms with Crippen molar-refractivity contribution >= 4 is 38.1 Å². The summed E-state index contributed by atoms with van der Waals surface area (Å²) in [6.45, 7) is 5.88. The first kappa shape index (κ1) is 12.3. The maximum absolute atomic E-state index is 12.0. The fourth-order valence-electron chi connectivity index (χ4n) is 3.51. The SMILES string of the molecule is CC(=O)c1cc(C)c2ccc3ccc(C)c4ccc1c2c34. The Hall–Kier alpha value is -2.41. The van der Waals surface area contributed by atoms with Gasteiger partial charge in [0, 0.05) is 5.56 Å². The van der Waals surface area contributed by atoms with Crippen LogP contribution in [0.1, 0.15) is 28.4 Å². The number of aryl methyl sites for hydroxylation is 2. The second kappa shape index (κ2) is 4.05. The van der Waals surface area contributed by atoms with Crippen LogP contribution in [0.2, 0.25) is 0 Å². The molecule has 0 fully saturated rings. The van der Waals surface area contributed by atoms with Crippen LogP contribution in [-0.4, -0.2) is 5.78 Å². The van der Waals surface area contributed by atoms with E-state index in [0.29, 0.717) is 0 Å². The summed E-state index contributed by atoms with van der Waals surface area (Å²) in [5, 5.41) is 7.38. The molecule has 0 heterocycles. The number of Topliss-reactive ketones (excluding diaryl/α,β-unsaturated/α-hetero) is 1. The van der Waals surface area contributed by atoms with Crippen molar-refractivity contribution in [1.29, 1.82) is 0 Å². The highest BCUT2D eigenvalue weighted by Gasteiger charge is 2.15. The molecule has 0 aliphatic rings. The molecule has 1 heteroatoms. The molecule has 0 spiro atoms. The number of ketones is 1. The fraction of sp³-hybridized carbons (Fsp3) is 0.150. The highest BCUT2D eigenvalue weighted by Crippen LogP contribution is 2.38. The Balaban J connectivity index is 2.41. The van der Waals surface area contributed by atoms with E-state index in [-0.39, 0.29) is 5.78 Å². The van der Waals surface area contributed by atoms with E-state index in [4.69, 9.17) is 0 Å². The average Bonchev–Trinajstić information content (AvgIpc) is 2.48. The van der Waals surface area contributed by atoms with Gasteiger partial charge in [-0.3, -0.25) is 4.79 Å². The summed E-state index contributed by atoms with van der Waals surface area (Å²) in [7, 11) is 0. The van der Waals surface area contributed by atoms with E-state index in [9.17, 15) is 4.79 Å². The summed E-state index contributed by atoms with van der Waals surface area (Å²) in [5.74, 6) is 0.132. The molecular weight excluding hydrogens is 256 g/mol. The zero-order valence-corrected chi connectivity index (χ0v) is 12.4. The Kier molecular flexibility index (Phi) is 2.38. The zero-order chi connectivity index (χ0) is 14.7. The van der Waals surface area contributed by atoms with E-state index in [2.05, 4.69) is 50.2 Å². The number of rotatable bonds is 1. The molecule has 0 aromatic heterocycles. The Morgan fingerprint density at radius 2 is 1.38 bits per heavy atom. The van der Waals surface area contributed by atoms with Gasteiger partial charge < -0.3 is 0 Å². The summed E-state index contributed by atoms with van der Waals surface area (Å²) in [5.41, 5.74) is 3.28. The van der Waals surface area contributed by atoms with Crippen molar-refractivity contribution in [2.45, 2.75) is 20.8 Å². The molecule has 4 rings (SSSR count). The van der Waals surface area contributed by atoms with Gasteiger partial charge in [0.2, 0.25) is 0 Å². The first-order chi connectivity index (χ1) is 10.1. The topological polar surface area (TPSA) is 17.1 Å². The molecule has 0 radical (unpaired) electrons. The number of carbonyl (C=O) groups excluding carboxylic acids is 1. The molecule has 1 nitrogen and oxygen atoms in total. The molecule has 0 amide bonds. The summed E-state index contributed by atoms with van der Waals surface area (Å²) >= 11 is 0. The van der Waals surface area contributed by atoms with Gasteiger partial charge in [0.05, 0.1) is 0 Å². The predicted octanol–water partition coefficient (Wildman–Crippen LogP) is 5.40. The molecule has 0 bridgehead atoms. The van der Waals surface area contributed by atoms with Crippen LogP contribution in [0.5, 0.6) is 0 Å². The van der Waals surface area contributed by atoms with Crippen molar-refractivity contribution in [3.05, 3.63) is 59.2 Å². The van der Waals surface area contributed by atoms with Crippen LogP contribution in [0.15, 0.2) is 42.5 Å². The lowest BCUT2D eigenvalue weighted by atomic mass is 9.88. The van der Waals surface area contributed by atoms with Crippen LogP contribution < -0.4 is 0 Å². The summed E-state index contributed by atoms with van der Waals surface area (Å²) < 4.78 is 0. The smallest absolute Gasteiger partial charge is 0.160 e. The Labute approximate surface area is 123 Å². The lowest BCUT2D eigenvalue weighted by Gasteiger charge is -2.16. The van der Waals surface area contributed by atoms with Gasteiger partial charge in [-0.15, -0.1) is 0 Å². The molecule has 0 saturated carbocycles. The van der Waals surface area contributed by atoms with E-state index in [1.54, 1.807) is 6.92 Å². The normalized spacial score (nSPS) is 11.8. The van der Waals surface area contributed by atoms with Gasteiger partial charge >= 0.3 is 0 Å².